The highest BCUT2D eigenvalue weighted by molar-refractivity contribution is 5.24. The van der Waals surface area contributed by atoms with Crippen LogP contribution in [0.3, 0.4) is 0 Å². The minimum atomic E-state index is -0.514. The minimum Gasteiger partial charge on any atom is -0.207 e. The lowest BCUT2D eigenvalue weighted by Crippen LogP contribution is -2.11. The van der Waals surface area contributed by atoms with E-state index in [1.165, 1.54) is 18.2 Å². The molecule has 0 atom stereocenters. The second-order valence-electron chi connectivity index (χ2n) is 7.67. The Balaban J connectivity index is 0.000000231. The number of halogens is 3. The molecule has 0 unspecified atom stereocenters. The molecule has 0 aliphatic heterocycles. The Morgan fingerprint density at radius 1 is 0.565 bits per heavy atom. The maximum Gasteiger partial charge on any atom is 0.126 e. The topological polar surface area (TPSA) is 0 Å². The van der Waals surface area contributed by atoms with Crippen LogP contribution in [0.4, 0.5) is 13.2 Å². The van der Waals surface area contributed by atoms with Gasteiger partial charge in [-0.3, -0.25) is 0 Å². The molecule has 0 spiro atoms. The molecular formula is C20H25F3. The van der Waals surface area contributed by atoms with Crippen molar-refractivity contribution in [2.24, 2.45) is 0 Å². The van der Waals surface area contributed by atoms with Gasteiger partial charge in [-0.05, 0) is 46.2 Å². The average Bonchev–Trinajstić information content (AvgIpc) is 2.36. The molecule has 0 aliphatic carbocycles. The van der Waals surface area contributed by atoms with Crippen LogP contribution in [0, 0.1) is 17.5 Å². The van der Waals surface area contributed by atoms with Crippen LogP contribution >= 0.6 is 0 Å². The monoisotopic (exact) mass is 322 g/mol. The lowest BCUT2D eigenvalue weighted by Gasteiger charge is -2.18. The molecule has 0 heterocycles. The van der Waals surface area contributed by atoms with Gasteiger partial charge in [0.1, 0.15) is 17.5 Å². The summed E-state index contributed by atoms with van der Waals surface area (Å²) in [5.74, 6) is -1.18. The third-order valence-electron chi connectivity index (χ3n) is 3.42. The van der Waals surface area contributed by atoms with Crippen molar-refractivity contribution in [3.63, 3.8) is 0 Å². The predicted molar refractivity (Wildman–Crippen MR) is 90.2 cm³/mol. The van der Waals surface area contributed by atoms with Crippen molar-refractivity contribution in [3.8, 4) is 0 Å². The van der Waals surface area contributed by atoms with Crippen LogP contribution in [0.25, 0.3) is 0 Å². The van der Waals surface area contributed by atoms with Crippen molar-refractivity contribution in [1.29, 1.82) is 0 Å². The van der Waals surface area contributed by atoms with E-state index in [1.807, 2.05) is 26.8 Å². The van der Waals surface area contributed by atoms with Gasteiger partial charge in [0.25, 0.3) is 0 Å². The molecule has 126 valence electrons. The largest absolute Gasteiger partial charge is 0.207 e. The molecule has 0 saturated heterocycles. The molecule has 0 bridgehead atoms. The lowest BCUT2D eigenvalue weighted by atomic mass is 9.87. The van der Waals surface area contributed by atoms with E-state index < -0.39 is 11.6 Å². The van der Waals surface area contributed by atoms with Gasteiger partial charge in [0.05, 0.1) is 0 Å². The maximum atomic E-state index is 12.7. The van der Waals surface area contributed by atoms with E-state index in [-0.39, 0.29) is 16.6 Å². The fourth-order valence-electron chi connectivity index (χ4n) is 1.94. The van der Waals surface area contributed by atoms with Gasteiger partial charge in [-0.15, -0.1) is 0 Å². The van der Waals surface area contributed by atoms with Crippen molar-refractivity contribution in [2.75, 3.05) is 0 Å². The Hall–Kier alpha value is -1.77. The summed E-state index contributed by atoms with van der Waals surface area (Å²) >= 11 is 0. The molecule has 2 aromatic rings. The summed E-state index contributed by atoms with van der Waals surface area (Å²) in [5, 5.41) is 0. The van der Waals surface area contributed by atoms with Crippen molar-refractivity contribution in [3.05, 3.63) is 71.0 Å². The third-order valence-corrected chi connectivity index (χ3v) is 3.42. The molecule has 0 nitrogen and oxygen atoms in total. The Labute approximate surface area is 137 Å². The standard InChI is InChI=1S/C10H12F2.C10H13F/c1-10(2,3)7-4-8(11)6-9(12)5-7;1-10(2,3)8-5-4-6-9(11)7-8/h4-6H,1-3H3;4-7H,1-3H3. The number of benzene rings is 2. The van der Waals surface area contributed by atoms with Crippen molar-refractivity contribution >= 4 is 0 Å². The van der Waals surface area contributed by atoms with Gasteiger partial charge in [0, 0.05) is 6.07 Å². The highest BCUT2D eigenvalue weighted by atomic mass is 19.1. The van der Waals surface area contributed by atoms with Crippen LogP contribution < -0.4 is 0 Å². The number of rotatable bonds is 0. The summed E-state index contributed by atoms with van der Waals surface area (Å²) in [5.41, 5.74) is 1.56. The first-order valence-corrected chi connectivity index (χ1v) is 7.62. The molecule has 2 aromatic carbocycles. The molecule has 0 fully saturated rings. The quantitative estimate of drug-likeness (QED) is 0.527. The van der Waals surface area contributed by atoms with E-state index in [9.17, 15) is 13.2 Å². The second-order valence-corrected chi connectivity index (χ2v) is 7.67. The fraction of sp³-hybridized carbons (Fsp3) is 0.400. The van der Waals surface area contributed by atoms with Crippen molar-refractivity contribution in [2.45, 2.75) is 52.4 Å². The van der Waals surface area contributed by atoms with Crippen LogP contribution in [-0.2, 0) is 10.8 Å². The first kappa shape index (κ1) is 19.3. The van der Waals surface area contributed by atoms with Gasteiger partial charge in [-0.2, -0.15) is 0 Å². The summed E-state index contributed by atoms with van der Waals surface area (Å²) in [6.45, 7) is 12.0. The van der Waals surface area contributed by atoms with E-state index in [4.69, 9.17) is 0 Å². The Bertz CT molecular complexity index is 626. The molecule has 0 aliphatic rings. The van der Waals surface area contributed by atoms with Crippen LogP contribution in [0.5, 0.6) is 0 Å². The molecule has 0 saturated carbocycles. The zero-order chi connectivity index (χ0) is 17.8. The van der Waals surface area contributed by atoms with E-state index in [2.05, 4.69) is 20.8 Å². The van der Waals surface area contributed by atoms with Crippen LogP contribution in [-0.4, -0.2) is 0 Å². The highest BCUT2D eigenvalue weighted by Gasteiger charge is 2.15. The first-order chi connectivity index (χ1) is 10.4. The summed E-state index contributed by atoms with van der Waals surface area (Å²) in [7, 11) is 0. The summed E-state index contributed by atoms with van der Waals surface area (Å²) in [4.78, 5) is 0. The SMILES string of the molecule is CC(C)(C)c1cc(F)cc(F)c1.CC(C)(C)c1cccc(F)c1. The smallest absolute Gasteiger partial charge is 0.126 e. The average molecular weight is 322 g/mol. The Morgan fingerprint density at radius 3 is 1.35 bits per heavy atom. The number of hydrogen-bond acceptors (Lipinski definition) is 0. The van der Waals surface area contributed by atoms with Gasteiger partial charge in [0.15, 0.2) is 0 Å². The van der Waals surface area contributed by atoms with Gasteiger partial charge in [-0.1, -0.05) is 53.7 Å². The molecule has 0 amide bonds. The Morgan fingerprint density at radius 2 is 1.00 bits per heavy atom. The van der Waals surface area contributed by atoms with Gasteiger partial charge in [0.2, 0.25) is 0 Å². The summed E-state index contributed by atoms with van der Waals surface area (Å²) < 4.78 is 38.1. The zero-order valence-corrected chi connectivity index (χ0v) is 14.7. The van der Waals surface area contributed by atoms with Crippen molar-refractivity contribution < 1.29 is 13.2 Å². The van der Waals surface area contributed by atoms with E-state index in [1.54, 1.807) is 12.1 Å². The highest BCUT2D eigenvalue weighted by Crippen LogP contribution is 2.23. The first-order valence-electron chi connectivity index (χ1n) is 7.62. The molecule has 0 aromatic heterocycles. The summed E-state index contributed by atoms with van der Waals surface area (Å²) in [6, 6.07) is 10.4. The van der Waals surface area contributed by atoms with Gasteiger partial charge in [-0.25, -0.2) is 13.2 Å². The van der Waals surface area contributed by atoms with Gasteiger partial charge >= 0.3 is 0 Å². The Kier molecular flexibility index (Phi) is 6.04. The molecule has 2 rings (SSSR count). The lowest BCUT2D eigenvalue weighted by molar-refractivity contribution is 0.545. The van der Waals surface area contributed by atoms with Crippen molar-refractivity contribution in [1.82, 2.24) is 0 Å². The fourth-order valence-corrected chi connectivity index (χ4v) is 1.94. The minimum absolute atomic E-state index is 0.0437. The molecule has 23 heavy (non-hydrogen) atoms. The molecule has 0 N–H and O–H groups in total. The zero-order valence-electron chi connectivity index (χ0n) is 14.7. The second kappa shape index (κ2) is 7.20. The molecular weight excluding hydrogens is 297 g/mol. The number of hydrogen-bond donors (Lipinski definition) is 0. The van der Waals surface area contributed by atoms with Crippen LogP contribution in [0.1, 0.15) is 52.7 Å². The van der Waals surface area contributed by atoms with Crippen LogP contribution in [0.2, 0.25) is 0 Å². The maximum absolute atomic E-state index is 12.7. The van der Waals surface area contributed by atoms with E-state index >= 15 is 0 Å². The van der Waals surface area contributed by atoms with E-state index in [0.717, 1.165) is 11.6 Å². The molecule has 3 heteroatoms. The predicted octanol–water partition coefficient (Wildman–Crippen LogP) is 6.39. The van der Waals surface area contributed by atoms with Gasteiger partial charge < -0.3 is 0 Å². The van der Waals surface area contributed by atoms with E-state index in [0.29, 0.717) is 5.56 Å². The summed E-state index contributed by atoms with van der Waals surface area (Å²) in [6.07, 6.45) is 0. The third kappa shape index (κ3) is 6.47. The van der Waals surface area contributed by atoms with Crippen LogP contribution in [0.15, 0.2) is 42.5 Å². The normalized spacial score (nSPS) is 11.7. The molecule has 0 radical (unpaired) electrons.